The molecule has 1 saturated heterocycles. The summed E-state index contributed by atoms with van der Waals surface area (Å²) in [4.78, 5) is 42.9. The average Bonchev–Trinajstić information content (AvgIpc) is 3.22. The summed E-state index contributed by atoms with van der Waals surface area (Å²) in [5.41, 5.74) is 1.75. The van der Waals surface area contributed by atoms with Crippen molar-refractivity contribution in [2.24, 2.45) is 17.3 Å². The molecule has 1 fully saturated rings. The summed E-state index contributed by atoms with van der Waals surface area (Å²) in [6.07, 6.45) is 1.63. The molecule has 1 heterocycles. The van der Waals surface area contributed by atoms with Gasteiger partial charge in [-0.1, -0.05) is 65.0 Å². The van der Waals surface area contributed by atoms with Gasteiger partial charge in [0.05, 0.1) is 0 Å². The molecule has 0 saturated carbocycles. The zero-order valence-electron chi connectivity index (χ0n) is 22.2. The van der Waals surface area contributed by atoms with Gasteiger partial charge in [0, 0.05) is 18.1 Å². The van der Waals surface area contributed by atoms with E-state index >= 15 is 4.39 Å². The SMILES string of the molecule is CC(C)C[C@@H]1C(=O)N[C@H](C2Cc3ccccc3C2)C(=O)N1[C@@H](C(=O)CC(C)(C)C)c1ccc(F)cc1F. The van der Waals surface area contributed by atoms with Gasteiger partial charge in [0.25, 0.3) is 0 Å². The largest absolute Gasteiger partial charge is 0.342 e. The van der Waals surface area contributed by atoms with E-state index in [-0.39, 0.29) is 41.4 Å². The Morgan fingerprint density at radius 3 is 2.22 bits per heavy atom. The summed E-state index contributed by atoms with van der Waals surface area (Å²) in [5, 5.41) is 2.95. The number of amides is 2. The fourth-order valence-electron chi connectivity index (χ4n) is 5.70. The first-order valence-corrected chi connectivity index (χ1v) is 13.0. The van der Waals surface area contributed by atoms with E-state index in [1.54, 1.807) is 0 Å². The minimum Gasteiger partial charge on any atom is -0.342 e. The molecule has 2 amide bonds. The number of piperazine rings is 1. The van der Waals surface area contributed by atoms with Crippen LogP contribution in [0.3, 0.4) is 0 Å². The molecule has 0 spiro atoms. The fourth-order valence-corrected chi connectivity index (χ4v) is 5.70. The van der Waals surface area contributed by atoms with Gasteiger partial charge in [-0.25, -0.2) is 8.78 Å². The Kier molecular flexibility index (Phi) is 7.54. The molecule has 3 atom stereocenters. The van der Waals surface area contributed by atoms with Crippen molar-refractivity contribution in [3.63, 3.8) is 0 Å². The molecule has 1 N–H and O–H groups in total. The molecular weight excluding hydrogens is 474 g/mol. The van der Waals surface area contributed by atoms with E-state index < -0.39 is 35.2 Å². The number of hydrogen-bond acceptors (Lipinski definition) is 3. The predicted octanol–water partition coefficient (Wildman–Crippen LogP) is 5.17. The first-order valence-electron chi connectivity index (χ1n) is 13.0. The Hall–Kier alpha value is -3.09. The van der Waals surface area contributed by atoms with Crippen LogP contribution >= 0.6 is 0 Å². The predicted molar refractivity (Wildman–Crippen MR) is 138 cm³/mol. The third kappa shape index (κ3) is 5.76. The number of benzene rings is 2. The highest BCUT2D eigenvalue weighted by molar-refractivity contribution is 6.00. The maximum atomic E-state index is 15.2. The topological polar surface area (TPSA) is 66.5 Å². The summed E-state index contributed by atoms with van der Waals surface area (Å²) in [6.45, 7) is 9.52. The lowest BCUT2D eigenvalue weighted by molar-refractivity contribution is -0.157. The number of rotatable bonds is 7. The number of fused-ring (bicyclic) bond motifs is 1. The summed E-state index contributed by atoms with van der Waals surface area (Å²) < 4.78 is 29.0. The highest BCUT2D eigenvalue weighted by Gasteiger charge is 2.50. The van der Waals surface area contributed by atoms with E-state index in [1.807, 2.05) is 58.9 Å². The molecule has 7 heteroatoms. The molecule has 0 aromatic heterocycles. The van der Waals surface area contributed by atoms with Gasteiger partial charge < -0.3 is 10.2 Å². The second-order valence-corrected chi connectivity index (χ2v) is 12.1. The van der Waals surface area contributed by atoms with Gasteiger partial charge in [-0.3, -0.25) is 14.4 Å². The normalized spacial score (nSPS) is 21.2. The smallest absolute Gasteiger partial charge is 0.247 e. The van der Waals surface area contributed by atoms with Gasteiger partial charge in [-0.2, -0.15) is 0 Å². The monoisotopic (exact) mass is 510 g/mol. The van der Waals surface area contributed by atoms with Crippen LogP contribution in [0.25, 0.3) is 0 Å². The second kappa shape index (κ2) is 10.3. The van der Waals surface area contributed by atoms with Crippen LogP contribution < -0.4 is 5.32 Å². The lowest BCUT2D eigenvalue weighted by Crippen LogP contribution is -2.67. The van der Waals surface area contributed by atoms with E-state index in [4.69, 9.17) is 0 Å². The maximum absolute atomic E-state index is 15.2. The standard InChI is InChI=1S/C30H36F2N2O3/c1-17(2)12-24-28(36)33-26(20-13-18-8-6-7-9-19(18)14-20)29(37)34(24)27(25(35)16-30(3,4)5)22-11-10-21(31)15-23(22)32/h6-11,15,17,20,24,26-27H,12-14,16H2,1-5H3,(H,33,36)/t24-,26-,27-/m1/s1. The van der Waals surface area contributed by atoms with Crippen molar-refractivity contribution < 1.29 is 23.2 Å². The molecular formula is C30H36F2N2O3. The zero-order chi connectivity index (χ0) is 27.1. The van der Waals surface area contributed by atoms with Crippen LogP contribution in [0.15, 0.2) is 42.5 Å². The minimum absolute atomic E-state index is 0.0368. The Bertz CT molecular complexity index is 1180. The summed E-state index contributed by atoms with van der Waals surface area (Å²) in [5.74, 6) is -2.92. The second-order valence-electron chi connectivity index (χ2n) is 12.1. The first-order chi connectivity index (χ1) is 17.4. The molecule has 0 radical (unpaired) electrons. The number of carbonyl (C=O) groups excluding carboxylic acids is 3. The first kappa shape index (κ1) is 27.0. The van der Waals surface area contributed by atoms with Gasteiger partial charge in [0.15, 0.2) is 5.78 Å². The van der Waals surface area contributed by atoms with Crippen molar-refractivity contribution in [3.8, 4) is 0 Å². The molecule has 37 heavy (non-hydrogen) atoms. The third-order valence-electron chi connectivity index (χ3n) is 7.25. The van der Waals surface area contributed by atoms with Gasteiger partial charge in [0.1, 0.15) is 29.8 Å². The molecule has 0 unspecified atom stereocenters. The summed E-state index contributed by atoms with van der Waals surface area (Å²) in [7, 11) is 0. The van der Waals surface area contributed by atoms with Crippen LogP contribution in [-0.4, -0.2) is 34.6 Å². The number of carbonyl (C=O) groups is 3. The van der Waals surface area contributed by atoms with Crippen LogP contribution in [0.5, 0.6) is 0 Å². The highest BCUT2D eigenvalue weighted by atomic mass is 19.1. The van der Waals surface area contributed by atoms with E-state index in [1.165, 1.54) is 11.0 Å². The maximum Gasteiger partial charge on any atom is 0.247 e. The molecule has 5 nitrogen and oxygen atoms in total. The fraction of sp³-hybridized carbons (Fsp3) is 0.500. The molecule has 2 aromatic rings. The minimum atomic E-state index is -1.33. The van der Waals surface area contributed by atoms with Crippen molar-refractivity contribution in [3.05, 3.63) is 70.8 Å². The molecule has 198 valence electrons. The van der Waals surface area contributed by atoms with Gasteiger partial charge >= 0.3 is 0 Å². The third-order valence-corrected chi connectivity index (χ3v) is 7.25. The molecule has 0 bridgehead atoms. The van der Waals surface area contributed by atoms with Crippen LogP contribution in [-0.2, 0) is 27.2 Å². The quantitative estimate of drug-likeness (QED) is 0.559. The van der Waals surface area contributed by atoms with E-state index in [0.29, 0.717) is 19.3 Å². The number of halogens is 2. The number of ketones is 1. The number of nitrogens with zero attached hydrogens (tertiary/aromatic N) is 1. The van der Waals surface area contributed by atoms with Crippen LogP contribution in [0.4, 0.5) is 8.78 Å². The van der Waals surface area contributed by atoms with Crippen molar-refractivity contribution in [1.29, 1.82) is 0 Å². The van der Waals surface area contributed by atoms with Gasteiger partial charge in [0.2, 0.25) is 11.8 Å². The van der Waals surface area contributed by atoms with E-state index in [2.05, 4.69) is 5.32 Å². The van der Waals surface area contributed by atoms with Crippen molar-refractivity contribution in [2.45, 2.75) is 78.4 Å². The Labute approximate surface area is 217 Å². The number of nitrogens with one attached hydrogen (secondary N) is 1. The van der Waals surface area contributed by atoms with Crippen LogP contribution in [0.1, 0.15) is 70.2 Å². The molecule has 2 aromatic carbocycles. The molecule has 2 aliphatic rings. The molecule has 4 rings (SSSR count). The number of hydrogen-bond donors (Lipinski definition) is 1. The van der Waals surface area contributed by atoms with Crippen LogP contribution in [0, 0.1) is 28.9 Å². The lowest BCUT2D eigenvalue weighted by atomic mass is 9.83. The van der Waals surface area contributed by atoms with E-state index in [9.17, 15) is 18.8 Å². The number of Topliss-reactive ketones (excluding diaryl/α,β-unsaturated/α-hetero) is 1. The Balaban J connectivity index is 1.79. The average molecular weight is 511 g/mol. The summed E-state index contributed by atoms with van der Waals surface area (Å²) in [6, 6.07) is 7.88. The highest BCUT2D eigenvalue weighted by Crippen LogP contribution is 2.38. The van der Waals surface area contributed by atoms with Crippen molar-refractivity contribution >= 4 is 17.6 Å². The van der Waals surface area contributed by atoms with Gasteiger partial charge in [-0.15, -0.1) is 0 Å². The zero-order valence-corrected chi connectivity index (χ0v) is 22.2. The van der Waals surface area contributed by atoms with E-state index in [0.717, 1.165) is 23.3 Å². The summed E-state index contributed by atoms with van der Waals surface area (Å²) >= 11 is 0. The van der Waals surface area contributed by atoms with Crippen molar-refractivity contribution in [2.75, 3.05) is 0 Å². The molecule has 1 aliphatic heterocycles. The van der Waals surface area contributed by atoms with Crippen LogP contribution in [0.2, 0.25) is 0 Å². The van der Waals surface area contributed by atoms with Crippen molar-refractivity contribution in [1.82, 2.24) is 10.2 Å². The van der Waals surface area contributed by atoms with Gasteiger partial charge in [-0.05, 0) is 53.7 Å². The Morgan fingerprint density at radius 1 is 1.05 bits per heavy atom. The molecule has 1 aliphatic carbocycles. The Morgan fingerprint density at radius 2 is 1.68 bits per heavy atom. The lowest BCUT2D eigenvalue weighted by Gasteiger charge is -2.45.